The molecule has 0 spiro atoms. The Labute approximate surface area is 111 Å². The predicted octanol–water partition coefficient (Wildman–Crippen LogP) is 4.14. The molecule has 100 valence electrons. The van der Waals surface area contributed by atoms with Crippen molar-refractivity contribution in [3.8, 4) is 0 Å². The van der Waals surface area contributed by atoms with Crippen LogP contribution < -0.4 is 5.32 Å². The van der Waals surface area contributed by atoms with Crippen LogP contribution in [0, 0.1) is 6.92 Å². The lowest BCUT2D eigenvalue weighted by Gasteiger charge is -2.17. The molecule has 0 saturated carbocycles. The summed E-state index contributed by atoms with van der Waals surface area (Å²) in [4.78, 5) is 11.8. The molecule has 1 N–H and O–H groups in total. The number of rotatable bonds is 7. The average Bonchev–Trinajstić information content (AvgIpc) is 2.37. The molecule has 0 aliphatic rings. The van der Waals surface area contributed by atoms with Crippen LogP contribution >= 0.6 is 0 Å². The van der Waals surface area contributed by atoms with Gasteiger partial charge in [-0.15, -0.1) is 0 Å². The third-order valence-corrected chi connectivity index (χ3v) is 3.23. The van der Waals surface area contributed by atoms with Gasteiger partial charge < -0.3 is 5.32 Å². The van der Waals surface area contributed by atoms with Crippen molar-refractivity contribution in [1.82, 2.24) is 5.32 Å². The summed E-state index contributed by atoms with van der Waals surface area (Å²) in [5.41, 5.74) is 2.45. The van der Waals surface area contributed by atoms with Crippen molar-refractivity contribution < 1.29 is 4.79 Å². The van der Waals surface area contributed by atoms with Gasteiger partial charge in [0.15, 0.2) is 0 Å². The molecule has 1 aromatic carbocycles. The van der Waals surface area contributed by atoms with E-state index in [1.807, 2.05) is 0 Å². The van der Waals surface area contributed by atoms with Gasteiger partial charge >= 0.3 is 0 Å². The summed E-state index contributed by atoms with van der Waals surface area (Å²) in [6.07, 6.45) is 4.86. The molecule has 1 atom stereocenters. The molecular weight excluding hydrogens is 222 g/mol. The highest BCUT2D eigenvalue weighted by Gasteiger charge is 2.11. The van der Waals surface area contributed by atoms with Crippen molar-refractivity contribution in [3.05, 3.63) is 35.4 Å². The number of aryl methyl sites for hydroxylation is 1. The van der Waals surface area contributed by atoms with E-state index in [0.717, 1.165) is 25.7 Å². The lowest BCUT2D eigenvalue weighted by Crippen LogP contribution is -2.27. The van der Waals surface area contributed by atoms with Crippen molar-refractivity contribution >= 4 is 5.91 Å². The zero-order valence-electron chi connectivity index (χ0n) is 11.8. The highest BCUT2D eigenvalue weighted by molar-refractivity contribution is 5.76. The van der Waals surface area contributed by atoms with E-state index in [2.05, 4.69) is 50.4 Å². The molecule has 0 aliphatic carbocycles. The summed E-state index contributed by atoms with van der Waals surface area (Å²) in [6, 6.07) is 8.56. The highest BCUT2D eigenvalue weighted by atomic mass is 16.1. The third-order valence-electron chi connectivity index (χ3n) is 3.23. The minimum Gasteiger partial charge on any atom is -0.349 e. The molecule has 1 rings (SSSR count). The molecule has 2 nitrogen and oxygen atoms in total. The first-order valence-electron chi connectivity index (χ1n) is 7.03. The Balaban J connectivity index is 2.51. The molecule has 1 aromatic rings. The second-order valence-electron chi connectivity index (χ2n) is 4.90. The largest absolute Gasteiger partial charge is 0.349 e. The van der Waals surface area contributed by atoms with Crippen molar-refractivity contribution in [2.75, 3.05) is 0 Å². The molecule has 0 heterocycles. The SMILES string of the molecule is CCCCCC(=O)NC(CC)c1ccc(C)cc1. The normalized spacial score (nSPS) is 12.2. The number of benzene rings is 1. The molecular formula is C16H25NO. The van der Waals surface area contributed by atoms with Gasteiger partial charge in [0.1, 0.15) is 0 Å². The molecule has 0 aliphatic heterocycles. The Morgan fingerprint density at radius 1 is 1.17 bits per heavy atom. The van der Waals surface area contributed by atoms with E-state index in [9.17, 15) is 4.79 Å². The molecule has 2 heteroatoms. The number of carbonyl (C=O) groups excluding carboxylic acids is 1. The number of unbranched alkanes of at least 4 members (excludes halogenated alkanes) is 2. The molecule has 0 saturated heterocycles. The summed E-state index contributed by atoms with van der Waals surface area (Å²) in [6.45, 7) is 6.34. The van der Waals surface area contributed by atoms with Crippen molar-refractivity contribution in [2.24, 2.45) is 0 Å². The molecule has 0 bridgehead atoms. The van der Waals surface area contributed by atoms with Gasteiger partial charge in [0.05, 0.1) is 6.04 Å². The fourth-order valence-electron chi connectivity index (χ4n) is 2.02. The quantitative estimate of drug-likeness (QED) is 0.721. The Hall–Kier alpha value is -1.31. The third kappa shape index (κ3) is 4.91. The van der Waals surface area contributed by atoms with E-state index < -0.39 is 0 Å². The molecule has 18 heavy (non-hydrogen) atoms. The summed E-state index contributed by atoms with van der Waals surface area (Å²) >= 11 is 0. The molecule has 1 unspecified atom stereocenters. The minimum atomic E-state index is 0.153. The fraction of sp³-hybridized carbons (Fsp3) is 0.562. The van der Waals surface area contributed by atoms with Gasteiger partial charge in [-0.2, -0.15) is 0 Å². The van der Waals surface area contributed by atoms with Crippen LogP contribution in [0.5, 0.6) is 0 Å². The Bertz CT molecular complexity index is 356. The zero-order valence-corrected chi connectivity index (χ0v) is 11.8. The molecule has 1 amide bonds. The average molecular weight is 247 g/mol. The molecule has 0 aromatic heterocycles. The van der Waals surface area contributed by atoms with E-state index in [4.69, 9.17) is 0 Å². The maximum Gasteiger partial charge on any atom is 0.220 e. The van der Waals surface area contributed by atoms with Crippen LogP contribution in [0.2, 0.25) is 0 Å². The second kappa shape index (κ2) is 7.91. The Morgan fingerprint density at radius 3 is 2.39 bits per heavy atom. The predicted molar refractivity (Wildman–Crippen MR) is 76.5 cm³/mol. The van der Waals surface area contributed by atoms with Gasteiger partial charge in [0.2, 0.25) is 5.91 Å². The first-order valence-corrected chi connectivity index (χ1v) is 7.03. The number of nitrogens with one attached hydrogen (secondary N) is 1. The smallest absolute Gasteiger partial charge is 0.220 e. The number of hydrogen-bond donors (Lipinski definition) is 1. The second-order valence-corrected chi connectivity index (χ2v) is 4.90. The van der Waals surface area contributed by atoms with E-state index >= 15 is 0 Å². The lowest BCUT2D eigenvalue weighted by atomic mass is 10.0. The van der Waals surface area contributed by atoms with Crippen LogP contribution in [0.4, 0.5) is 0 Å². The summed E-state index contributed by atoms with van der Waals surface area (Å²) < 4.78 is 0. The van der Waals surface area contributed by atoms with Crippen LogP contribution in [-0.2, 0) is 4.79 Å². The van der Waals surface area contributed by atoms with E-state index in [0.29, 0.717) is 6.42 Å². The highest BCUT2D eigenvalue weighted by Crippen LogP contribution is 2.17. The van der Waals surface area contributed by atoms with E-state index in [1.54, 1.807) is 0 Å². The number of hydrogen-bond acceptors (Lipinski definition) is 1. The Morgan fingerprint density at radius 2 is 1.83 bits per heavy atom. The van der Waals surface area contributed by atoms with Gasteiger partial charge in [-0.05, 0) is 25.3 Å². The van der Waals surface area contributed by atoms with Crippen LogP contribution in [-0.4, -0.2) is 5.91 Å². The topological polar surface area (TPSA) is 29.1 Å². The van der Waals surface area contributed by atoms with Crippen LogP contribution in [0.15, 0.2) is 24.3 Å². The van der Waals surface area contributed by atoms with Gasteiger partial charge in [-0.1, -0.05) is 56.5 Å². The summed E-state index contributed by atoms with van der Waals surface area (Å²) in [5, 5.41) is 3.12. The van der Waals surface area contributed by atoms with Gasteiger partial charge in [-0.25, -0.2) is 0 Å². The van der Waals surface area contributed by atoms with Crippen molar-refractivity contribution in [2.45, 2.75) is 58.9 Å². The van der Waals surface area contributed by atoms with Crippen LogP contribution in [0.3, 0.4) is 0 Å². The fourth-order valence-corrected chi connectivity index (χ4v) is 2.02. The first-order chi connectivity index (χ1) is 8.67. The van der Waals surface area contributed by atoms with E-state index in [-0.39, 0.29) is 11.9 Å². The Kier molecular flexibility index (Phi) is 6.48. The van der Waals surface area contributed by atoms with Gasteiger partial charge in [0.25, 0.3) is 0 Å². The monoisotopic (exact) mass is 247 g/mol. The maximum atomic E-state index is 11.8. The molecule has 0 radical (unpaired) electrons. The van der Waals surface area contributed by atoms with Crippen LogP contribution in [0.1, 0.15) is 63.1 Å². The van der Waals surface area contributed by atoms with E-state index in [1.165, 1.54) is 11.1 Å². The number of amides is 1. The van der Waals surface area contributed by atoms with Gasteiger partial charge in [0, 0.05) is 6.42 Å². The summed E-state index contributed by atoms with van der Waals surface area (Å²) in [7, 11) is 0. The molecule has 0 fully saturated rings. The standard InChI is InChI=1S/C16H25NO/c1-4-6-7-8-16(18)17-15(5-2)14-11-9-13(3)10-12-14/h9-12,15H,4-8H2,1-3H3,(H,17,18). The minimum absolute atomic E-state index is 0.153. The van der Waals surface area contributed by atoms with Crippen molar-refractivity contribution in [1.29, 1.82) is 0 Å². The van der Waals surface area contributed by atoms with Crippen LogP contribution in [0.25, 0.3) is 0 Å². The number of carbonyl (C=O) groups is 1. The lowest BCUT2D eigenvalue weighted by molar-refractivity contribution is -0.122. The first kappa shape index (κ1) is 14.7. The zero-order chi connectivity index (χ0) is 13.4. The van der Waals surface area contributed by atoms with Crippen molar-refractivity contribution in [3.63, 3.8) is 0 Å². The maximum absolute atomic E-state index is 11.8. The summed E-state index contributed by atoms with van der Waals surface area (Å²) in [5.74, 6) is 0.177. The van der Waals surface area contributed by atoms with Gasteiger partial charge in [-0.3, -0.25) is 4.79 Å².